The van der Waals surface area contributed by atoms with Gasteiger partial charge in [0.1, 0.15) is 11.4 Å². The predicted molar refractivity (Wildman–Crippen MR) is 67.3 cm³/mol. The zero-order valence-corrected chi connectivity index (χ0v) is 10.5. The molecule has 0 amide bonds. The summed E-state index contributed by atoms with van der Waals surface area (Å²) in [5.74, 6) is 0.492. The van der Waals surface area contributed by atoms with Gasteiger partial charge in [-0.15, -0.1) is 5.10 Å². The van der Waals surface area contributed by atoms with Crippen LogP contribution in [0.1, 0.15) is 5.69 Å². The van der Waals surface area contributed by atoms with Gasteiger partial charge in [0.25, 0.3) is 5.69 Å². The topological polar surface area (TPSA) is 95.1 Å². The van der Waals surface area contributed by atoms with E-state index >= 15 is 0 Å². The van der Waals surface area contributed by atoms with Crippen molar-refractivity contribution in [2.45, 2.75) is 6.54 Å². The van der Waals surface area contributed by atoms with Crippen molar-refractivity contribution in [3.05, 3.63) is 40.2 Å². The average Bonchev–Trinajstić information content (AvgIpc) is 2.87. The molecule has 1 N–H and O–H groups in total. The molecule has 8 heteroatoms. The van der Waals surface area contributed by atoms with Gasteiger partial charge in [0.15, 0.2) is 0 Å². The third kappa shape index (κ3) is 2.68. The van der Waals surface area contributed by atoms with Crippen LogP contribution in [0.4, 0.5) is 5.69 Å². The Bertz CT molecular complexity index is 596. The van der Waals surface area contributed by atoms with E-state index in [0.29, 0.717) is 18.0 Å². The first-order chi connectivity index (χ1) is 9.15. The molecule has 0 fully saturated rings. The Balaban J connectivity index is 2.45. The summed E-state index contributed by atoms with van der Waals surface area (Å²) >= 11 is 0. The summed E-state index contributed by atoms with van der Waals surface area (Å²) in [5, 5.41) is 21.6. The number of non-ortho nitro benzene ring substituents is 1. The van der Waals surface area contributed by atoms with Crippen LogP contribution in [0.25, 0.3) is 5.69 Å². The molecule has 0 saturated carbocycles. The summed E-state index contributed by atoms with van der Waals surface area (Å²) < 4.78 is 6.63. The molecule has 100 valence electrons. The van der Waals surface area contributed by atoms with Crippen molar-refractivity contribution in [1.29, 1.82) is 0 Å². The van der Waals surface area contributed by atoms with E-state index in [2.05, 4.69) is 15.6 Å². The lowest BCUT2D eigenvalue weighted by Gasteiger charge is -2.07. The Kier molecular flexibility index (Phi) is 3.71. The number of nitro benzene ring substituents is 1. The second-order valence-corrected chi connectivity index (χ2v) is 3.80. The molecule has 0 aliphatic heterocycles. The van der Waals surface area contributed by atoms with Crippen LogP contribution in [0.2, 0.25) is 0 Å². The van der Waals surface area contributed by atoms with Crippen molar-refractivity contribution < 1.29 is 9.66 Å². The molecule has 1 aromatic carbocycles. The van der Waals surface area contributed by atoms with Gasteiger partial charge < -0.3 is 10.1 Å². The number of nitrogens with zero attached hydrogens (tertiary/aromatic N) is 4. The summed E-state index contributed by atoms with van der Waals surface area (Å²) in [4.78, 5) is 10.3. The minimum atomic E-state index is -0.464. The molecule has 0 unspecified atom stereocenters. The highest BCUT2D eigenvalue weighted by molar-refractivity contribution is 5.53. The molecule has 0 aliphatic carbocycles. The summed E-state index contributed by atoms with van der Waals surface area (Å²) in [7, 11) is 3.29. The lowest BCUT2D eigenvalue weighted by Crippen LogP contribution is -2.05. The van der Waals surface area contributed by atoms with Crippen LogP contribution in [-0.4, -0.2) is 34.1 Å². The van der Waals surface area contributed by atoms with E-state index in [1.807, 2.05) is 0 Å². The SMILES string of the molecule is CNCc1cn(-c2cc([N+](=O)[O-])ccc2OC)nn1. The van der Waals surface area contributed by atoms with Gasteiger partial charge in [0, 0.05) is 18.7 Å². The van der Waals surface area contributed by atoms with E-state index < -0.39 is 4.92 Å². The quantitative estimate of drug-likeness (QED) is 0.636. The van der Waals surface area contributed by atoms with Gasteiger partial charge in [-0.2, -0.15) is 0 Å². The highest BCUT2D eigenvalue weighted by atomic mass is 16.6. The maximum atomic E-state index is 10.8. The molecule has 2 rings (SSSR count). The number of hydrogen-bond acceptors (Lipinski definition) is 6. The van der Waals surface area contributed by atoms with Crippen molar-refractivity contribution in [1.82, 2.24) is 20.3 Å². The maximum absolute atomic E-state index is 10.8. The average molecular weight is 263 g/mol. The first-order valence-corrected chi connectivity index (χ1v) is 5.54. The molecule has 0 aliphatic rings. The van der Waals surface area contributed by atoms with Gasteiger partial charge in [0.2, 0.25) is 0 Å². The zero-order valence-electron chi connectivity index (χ0n) is 10.5. The summed E-state index contributed by atoms with van der Waals surface area (Å²) in [6.45, 7) is 0.567. The van der Waals surface area contributed by atoms with Gasteiger partial charge in [-0.3, -0.25) is 10.1 Å². The number of nitro groups is 1. The Morgan fingerprint density at radius 2 is 2.32 bits per heavy atom. The van der Waals surface area contributed by atoms with Crippen LogP contribution in [0.5, 0.6) is 5.75 Å². The number of ether oxygens (including phenoxy) is 1. The monoisotopic (exact) mass is 263 g/mol. The Morgan fingerprint density at radius 1 is 1.53 bits per heavy atom. The van der Waals surface area contributed by atoms with Crippen LogP contribution < -0.4 is 10.1 Å². The molecule has 0 atom stereocenters. The Morgan fingerprint density at radius 3 is 2.95 bits per heavy atom. The zero-order chi connectivity index (χ0) is 13.8. The number of nitrogens with one attached hydrogen (secondary N) is 1. The molecule has 1 heterocycles. The van der Waals surface area contributed by atoms with Crippen molar-refractivity contribution in [3.63, 3.8) is 0 Å². The maximum Gasteiger partial charge on any atom is 0.271 e. The molecule has 0 saturated heterocycles. The molecule has 0 bridgehead atoms. The highest BCUT2D eigenvalue weighted by Gasteiger charge is 2.14. The smallest absolute Gasteiger partial charge is 0.271 e. The van der Waals surface area contributed by atoms with Crippen LogP contribution in [0, 0.1) is 10.1 Å². The van der Waals surface area contributed by atoms with Crippen LogP contribution >= 0.6 is 0 Å². The molecule has 19 heavy (non-hydrogen) atoms. The van der Waals surface area contributed by atoms with E-state index in [1.165, 1.54) is 30.0 Å². The minimum Gasteiger partial charge on any atom is -0.494 e. The predicted octanol–water partition coefficient (Wildman–Crippen LogP) is 0.903. The number of methoxy groups -OCH3 is 1. The van der Waals surface area contributed by atoms with Crippen molar-refractivity contribution in [2.24, 2.45) is 0 Å². The van der Waals surface area contributed by atoms with Crippen molar-refractivity contribution >= 4 is 5.69 Å². The van der Waals surface area contributed by atoms with Crippen LogP contribution in [0.15, 0.2) is 24.4 Å². The van der Waals surface area contributed by atoms with E-state index in [9.17, 15) is 10.1 Å². The van der Waals surface area contributed by atoms with Crippen LogP contribution in [0.3, 0.4) is 0 Å². The highest BCUT2D eigenvalue weighted by Crippen LogP contribution is 2.26. The van der Waals surface area contributed by atoms with Crippen molar-refractivity contribution in [2.75, 3.05) is 14.2 Å². The Hall–Kier alpha value is -2.48. The molecular formula is C11H13N5O3. The second kappa shape index (κ2) is 5.44. The minimum absolute atomic E-state index is 0.0264. The number of hydrogen-bond donors (Lipinski definition) is 1. The molecule has 0 radical (unpaired) electrons. The van der Waals surface area contributed by atoms with E-state index in [4.69, 9.17) is 4.74 Å². The van der Waals surface area contributed by atoms with Gasteiger partial charge in [-0.1, -0.05) is 5.21 Å². The van der Waals surface area contributed by atoms with Gasteiger partial charge in [-0.05, 0) is 13.1 Å². The molecule has 1 aromatic heterocycles. The van der Waals surface area contributed by atoms with E-state index in [1.54, 1.807) is 13.2 Å². The normalized spacial score (nSPS) is 10.4. The third-order valence-corrected chi connectivity index (χ3v) is 2.52. The van der Waals surface area contributed by atoms with Crippen LogP contribution in [-0.2, 0) is 6.54 Å². The standard InChI is InChI=1S/C11H13N5O3/c1-12-6-8-7-15(14-13-8)10-5-9(16(17)18)3-4-11(10)19-2/h3-5,7,12H,6H2,1-2H3. The third-order valence-electron chi connectivity index (χ3n) is 2.52. The molecule has 0 spiro atoms. The largest absolute Gasteiger partial charge is 0.494 e. The molecule has 8 nitrogen and oxygen atoms in total. The lowest BCUT2D eigenvalue weighted by molar-refractivity contribution is -0.384. The van der Waals surface area contributed by atoms with Gasteiger partial charge in [0.05, 0.1) is 23.9 Å². The van der Waals surface area contributed by atoms with E-state index in [-0.39, 0.29) is 5.69 Å². The number of benzene rings is 1. The number of aromatic nitrogens is 3. The fourth-order valence-corrected chi connectivity index (χ4v) is 1.65. The summed E-state index contributed by atoms with van der Waals surface area (Å²) in [6, 6.07) is 4.32. The first-order valence-electron chi connectivity index (χ1n) is 5.54. The molecular weight excluding hydrogens is 250 g/mol. The molecule has 2 aromatic rings. The lowest BCUT2D eigenvalue weighted by atomic mass is 10.2. The number of rotatable bonds is 5. The second-order valence-electron chi connectivity index (χ2n) is 3.80. The Labute approximate surface area is 109 Å². The summed E-state index contributed by atoms with van der Waals surface area (Å²) in [6.07, 6.45) is 1.69. The van der Waals surface area contributed by atoms with E-state index in [0.717, 1.165) is 5.69 Å². The van der Waals surface area contributed by atoms with Gasteiger partial charge in [-0.25, -0.2) is 4.68 Å². The first kappa shape index (κ1) is 13.0. The summed E-state index contributed by atoms with van der Waals surface area (Å²) in [5.41, 5.74) is 1.18. The van der Waals surface area contributed by atoms with Crippen molar-refractivity contribution in [3.8, 4) is 11.4 Å². The fourth-order valence-electron chi connectivity index (χ4n) is 1.65. The fraction of sp³-hybridized carbons (Fsp3) is 0.273. The van der Waals surface area contributed by atoms with Gasteiger partial charge >= 0.3 is 0 Å².